The highest BCUT2D eigenvalue weighted by atomic mass is 32.2. The number of rotatable bonds is 3. The van der Waals surface area contributed by atoms with E-state index in [-0.39, 0.29) is 6.04 Å². The molecule has 2 atom stereocenters. The smallest absolute Gasteiger partial charge is 0.182 e. The average Bonchev–Trinajstić information content (AvgIpc) is 3.32. The Bertz CT molecular complexity index is 1250. The molecule has 5 rings (SSSR count). The topological polar surface area (TPSA) is 101 Å². The summed E-state index contributed by atoms with van der Waals surface area (Å²) in [6.45, 7) is 5.64. The molecule has 0 saturated carbocycles. The highest BCUT2D eigenvalue weighted by molar-refractivity contribution is 7.95. The summed E-state index contributed by atoms with van der Waals surface area (Å²) >= 11 is 0. The fraction of sp³-hybridized carbons (Fsp3) is 0.381. The Morgan fingerprint density at radius 3 is 2.90 bits per heavy atom. The summed E-state index contributed by atoms with van der Waals surface area (Å²) in [5, 5.41) is 0.220. The van der Waals surface area contributed by atoms with Gasteiger partial charge in [0, 0.05) is 40.9 Å². The largest absolute Gasteiger partial charge is 0.377 e. The number of allylic oxidation sites excluding steroid dienone is 2. The van der Waals surface area contributed by atoms with Crippen LogP contribution in [0, 0.1) is 0 Å². The summed E-state index contributed by atoms with van der Waals surface area (Å²) in [5.74, 6) is 1.24. The van der Waals surface area contributed by atoms with Gasteiger partial charge in [0.25, 0.3) is 0 Å². The van der Waals surface area contributed by atoms with Crippen LogP contribution in [0.2, 0.25) is 0 Å². The van der Waals surface area contributed by atoms with Crippen LogP contribution in [0.3, 0.4) is 0 Å². The third kappa shape index (κ3) is 3.09. The van der Waals surface area contributed by atoms with Crippen LogP contribution < -0.4 is 4.90 Å². The van der Waals surface area contributed by atoms with Crippen molar-refractivity contribution in [3.8, 4) is 11.4 Å². The maximum atomic E-state index is 12.9. The average molecular weight is 426 g/mol. The van der Waals surface area contributed by atoms with Crippen molar-refractivity contribution in [3.63, 3.8) is 0 Å². The van der Waals surface area contributed by atoms with Crippen molar-refractivity contribution in [2.24, 2.45) is 0 Å². The number of anilines is 1. The summed E-state index contributed by atoms with van der Waals surface area (Å²) < 4.78 is 31.3. The van der Waals surface area contributed by atoms with E-state index in [4.69, 9.17) is 14.7 Å². The van der Waals surface area contributed by atoms with E-state index in [1.165, 1.54) is 0 Å². The molecule has 0 spiro atoms. The summed E-state index contributed by atoms with van der Waals surface area (Å²) in [7, 11) is -3.40. The second-order valence-corrected chi connectivity index (χ2v) is 10.1. The Morgan fingerprint density at radius 2 is 2.13 bits per heavy atom. The van der Waals surface area contributed by atoms with Crippen LogP contribution in [0.5, 0.6) is 0 Å². The first kappa shape index (κ1) is 19.2. The number of sulfone groups is 1. The number of fused-ring (bicyclic) bond motifs is 1. The zero-order valence-electron chi connectivity index (χ0n) is 16.9. The summed E-state index contributed by atoms with van der Waals surface area (Å²) in [6.07, 6.45) is 5.73. The molecule has 0 aliphatic carbocycles. The lowest BCUT2D eigenvalue weighted by Gasteiger charge is -2.34. The fourth-order valence-electron chi connectivity index (χ4n) is 4.13. The van der Waals surface area contributed by atoms with Gasteiger partial charge in [-0.05, 0) is 32.4 Å². The van der Waals surface area contributed by atoms with Gasteiger partial charge in [0.05, 0.1) is 24.9 Å². The molecule has 9 heteroatoms. The minimum Gasteiger partial charge on any atom is -0.377 e. The first-order valence-electron chi connectivity index (χ1n) is 10.0. The molecule has 0 radical (unpaired) electrons. The monoisotopic (exact) mass is 425 g/mol. The molecule has 30 heavy (non-hydrogen) atoms. The van der Waals surface area contributed by atoms with Crippen LogP contribution in [0.1, 0.15) is 31.2 Å². The minimum absolute atomic E-state index is 0.138. The number of hydrogen-bond donors (Lipinski definition) is 1. The van der Waals surface area contributed by atoms with Crippen molar-refractivity contribution in [3.05, 3.63) is 47.3 Å². The minimum atomic E-state index is -3.40. The van der Waals surface area contributed by atoms with Gasteiger partial charge in [-0.1, -0.05) is 6.08 Å². The van der Waals surface area contributed by atoms with Crippen molar-refractivity contribution in [1.29, 1.82) is 0 Å². The van der Waals surface area contributed by atoms with Crippen molar-refractivity contribution in [2.45, 2.75) is 31.6 Å². The first-order chi connectivity index (χ1) is 14.4. The molecule has 1 N–H and O–H groups in total. The molecule has 0 bridgehead atoms. The molecule has 156 valence electrons. The number of pyridine rings is 1. The number of hydrogen-bond acceptors (Lipinski definition) is 7. The quantitative estimate of drug-likeness (QED) is 0.688. The normalized spacial score (nSPS) is 23.7. The molecule has 0 unspecified atom stereocenters. The molecule has 1 saturated heterocycles. The van der Waals surface area contributed by atoms with Gasteiger partial charge in [0.15, 0.2) is 15.7 Å². The van der Waals surface area contributed by atoms with Crippen molar-refractivity contribution in [2.75, 3.05) is 24.7 Å². The van der Waals surface area contributed by atoms with E-state index in [1.54, 1.807) is 19.2 Å². The Hall–Kier alpha value is -2.78. The van der Waals surface area contributed by atoms with Gasteiger partial charge in [-0.2, -0.15) is 0 Å². The second kappa shape index (κ2) is 7.17. The number of morpholine rings is 1. The molecule has 3 aromatic rings. The third-order valence-corrected chi connectivity index (χ3v) is 8.12. The van der Waals surface area contributed by atoms with Gasteiger partial charge in [-0.25, -0.2) is 23.4 Å². The van der Waals surface area contributed by atoms with Gasteiger partial charge in [-0.3, -0.25) is 0 Å². The third-order valence-electron chi connectivity index (χ3n) is 5.87. The van der Waals surface area contributed by atoms with Gasteiger partial charge < -0.3 is 14.6 Å². The van der Waals surface area contributed by atoms with Crippen LogP contribution in [-0.4, -0.2) is 54.2 Å². The van der Waals surface area contributed by atoms with Crippen LogP contribution in [0.25, 0.3) is 22.4 Å². The number of aromatic nitrogens is 4. The van der Waals surface area contributed by atoms with E-state index in [1.807, 2.05) is 24.4 Å². The SMILES string of the molecule is CC1=CC[C@H](c2cc(N3CCOC[C@H]3C)nc(-c3ccnc4[nH]ccc34)n2)S1(=O)=O. The summed E-state index contributed by atoms with van der Waals surface area (Å²) in [4.78, 5) is 19.6. The zero-order chi connectivity index (χ0) is 20.9. The van der Waals surface area contributed by atoms with Crippen LogP contribution in [0.4, 0.5) is 5.82 Å². The zero-order valence-corrected chi connectivity index (χ0v) is 17.7. The molecule has 1 fully saturated rings. The fourth-order valence-corrected chi connectivity index (χ4v) is 5.69. The van der Waals surface area contributed by atoms with Crippen molar-refractivity contribution < 1.29 is 13.2 Å². The lowest BCUT2D eigenvalue weighted by molar-refractivity contribution is 0.0985. The van der Waals surface area contributed by atoms with Crippen molar-refractivity contribution >= 4 is 26.7 Å². The Kier molecular flexibility index (Phi) is 4.59. The molecule has 3 aromatic heterocycles. The number of H-pyrrole nitrogens is 1. The predicted octanol–water partition coefficient (Wildman–Crippen LogP) is 3.01. The predicted molar refractivity (Wildman–Crippen MR) is 115 cm³/mol. The molecule has 8 nitrogen and oxygen atoms in total. The molecule has 0 amide bonds. The Balaban J connectivity index is 1.69. The van der Waals surface area contributed by atoms with Crippen molar-refractivity contribution in [1.82, 2.24) is 19.9 Å². The lowest BCUT2D eigenvalue weighted by Crippen LogP contribution is -2.44. The van der Waals surface area contributed by atoms with E-state index in [0.29, 0.717) is 42.6 Å². The maximum absolute atomic E-state index is 12.9. The lowest BCUT2D eigenvalue weighted by atomic mass is 10.1. The molecule has 2 aliphatic rings. The van der Waals surface area contributed by atoms with E-state index in [0.717, 1.165) is 22.4 Å². The molecule has 0 aromatic carbocycles. The van der Waals surface area contributed by atoms with Crippen LogP contribution in [-0.2, 0) is 14.6 Å². The molecular formula is C21H23N5O3S. The summed E-state index contributed by atoms with van der Waals surface area (Å²) in [6, 6.07) is 5.77. The maximum Gasteiger partial charge on any atom is 0.182 e. The number of nitrogens with zero attached hydrogens (tertiary/aromatic N) is 4. The van der Waals surface area contributed by atoms with Gasteiger partial charge in [0.1, 0.15) is 16.7 Å². The molecule has 5 heterocycles. The number of ether oxygens (including phenoxy) is 1. The standard InChI is InChI=1S/C21H23N5O3S/c1-13-12-29-10-9-26(13)19-11-17(18-4-3-14(2)30(18,27)28)24-21(25-19)16-6-8-23-20-15(16)5-7-22-20/h3,5-8,11,13,18H,4,9-10,12H2,1-2H3,(H,22,23)/t13-,18-/m1/s1. The Morgan fingerprint density at radius 1 is 1.27 bits per heavy atom. The van der Waals surface area contributed by atoms with Gasteiger partial charge in [-0.15, -0.1) is 0 Å². The highest BCUT2D eigenvalue weighted by Gasteiger charge is 2.35. The summed E-state index contributed by atoms with van der Waals surface area (Å²) in [5.41, 5.74) is 2.10. The van der Waals surface area contributed by atoms with E-state index in [9.17, 15) is 8.42 Å². The van der Waals surface area contributed by atoms with Crippen LogP contribution >= 0.6 is 0 Å². The van der Waals surface area contributed by atoms with Gasteiger partial charge in [0.2, 0.25) is 0 Å². The molecular weight excluding hydrogens is 402 g/mol. The molecule has 2 aliphatic heterocycles. The van der Waals surface area contributed by atoms with Gasteiger partial charge >= 0.3 is 0 Å². The number of aromatic amines is 1. The van der Waals surface area contributed by atoms with Crippen LogP contribution in [0.15, 0.2) is 41.6 Å². The highest BCUT2D eigenvalue weighted by Crippen LogP contribution is 2.39. The second-order valence-electron chi connectivity index (χ2n) is 7.77. The number of nitrogens with one attached hydrogen (secondary N) is 1. The first-order valence-corrected chi connectivity index (χ1v) is 11.6. The van der Waals surface area contributed by atoms with E-state index >= 15 is 0 Å². The van der Waals surface area contributed by atoms with E-state index < -0.39 is 15.1 Å². The Labute approximate surface area is 174 Å². The van der Waals surface area contributed by atoms with E-state index in [2.05, 4.69) is 21.8 Å².